The van der Waals surface area contributed by atoms with Crippen molar-refractivity contribution in [2.45, 2.75) is 12.8 Å². The molecule has 2 aromatic carbocycles. The largest absolute Gasteiger partial charge is 0.478 e. The van der Waals surface area contributed by atoms with Gasteiger partial charge in [0.1, 0.15) is 0 Å². The minimum absolute atomic E-state index is 0.00904. The van der Waals surface area contributed by atoms with Crippen LogP contribution < -0.4 is 0 Å². The Morgan fingerprint density at radius 3 is 2.42 bits per heavy atom. The molecule has 1 unspecified atom stereocenters. The maximum atomic E-state index is 11.6. The van der Waals surface area contributed by atoms with E-state index in [1.165, 1.54) is 0 Å². The molecule has 0 bridgehead atoms. The van der Waals surface area contributed by atoms with Crippen LogP contribution in [0.5, 0.6) is 0 Å². The lowest BCUT2D eigenvalue weighted by atomic mass is 9.89. The number of hydrogen-bond donors (Lipinski definition) is 1. The van der Waals surface area contributed by atoms with Crippen LogP contribution in [0.2, 0.25) is 0 Å². The average molecular weight is 252 g/mol. The minimum Gasteiger partial charge on any atom is -0.478 e. The average Bonchev–Trinajstić information content (AvgIpc) is 2.46. The number of rotatable bonds is 4. The van der Waals surface area contributed by atoms with Crippen LogP contribution in [0.15, 0.2) is 61.2 Å². The second-order valence-corrected chi connectivity index (χ2v) is 4.47. The fourth-order valence-electron chi connectivity index (χ4n) is 2.17. The number of carboxylic acid groups (broad SMARTS) is 1. The van der Waals surface area contributed by atoms with Crippen LogP contribution in [0.3, 0.4) is 0 Å². The third kappa shape index (κ3) is 2.58. The van der Waals surface area contributed by atoms with Crippen molar-refractivity contribution in [1.82, 2.24) is 0 Å². The molecule has 2 nitrogen and oxygen atoms in total. The molecule has 0 radical (unpaired) electrons. The molecule has 19 heavy (non-hydrogen) atoms. The Hall–Kier alpha value is -2.35. The van der Waals surface area contributed by atoms with Crippen molar-refractivity contribution in [3.8, 4) is 11.1 Å². The van der Waals surface area contributed by atoms with Gasteiger partial charge in [0.15, 0.2) is 0 Å². The first-order valence-electron chi connectivity index (χ1n) is 6.19. The normalized spacial score (nSPS) is 11.8. The zero-order chi connectivity index (χ0) is 13.8. The van der Waals surface area contributed by atoms with Crippen molar-refractivity contribution in [3.63, 3.8) is 0 Å². The fourth-order valence-corrected chi connectivity index (χ4v) is 2.17. The Labute approximate surface area is 113 Å². The van der Waals surface area contributed by atoms with Gasteiger partial charge in [0.05, 0.1) is 5.56 Å². The third-order valence-corrected chi connectivity index (χ3v) is 3.24. The summed E-state index contributed by atoms with van der Waals surface area (Å²) in [7, 11) is 0. The van der Waals surface area contributed by atoms with Gasteiger partial charge in [-0.25, -0.2) is 4.79 Å². The smallest absolute Gasteiger partial charge is 0.336 e. The molecule has 0 saturated carbocycles. The molecule has 2 aromatic rings. The monoisotopic (exact) mass is 252 g/mol. The predicted octanol–water partition coefficient (Wildman–Crippen LogP) is 4.34. The molecule has 0 fully saturated rings. The van der Waals surface area contributed by atoms with Crippen LogP contribution in [-0.2, 0) is 0 Å². The number of aromatic carboxylic acids is 1. The quantitative estimate of drug-likeness (QED) is 0.822. The maximum absolute atomic E-state index is 11.6. The Morgan fingerprint density at radius 1 is 1.16 bits per heavy atom. The van der Waals surface area contributed by atoms with Crippen LogP contribution in [-0.4, -0.2) is 11.1 Å². The van der Waals surface area contributed by atoms with E-state index in [1.54, 1.807) is 6.08 Å². The molecule has 96 valence electrons. The van der Waals surface area contributed by atoms with E-state index >= 15 is 0 Å². The summed E-state index contributed by atoms with van der Waals surface area (Å²) in [6.45, 7) is 5.69. The van der Waals surface area contributed by atoms with E-state index in [-0.39, 0.29) is 5.92 Å². The molecule has 1 N–H and O–H groups in total. The molecule has 0 aliphatic heterocycles. The van der Waals surface area contributed by atoms with Gasteiger partial charge in [-0.1, -0.05) is 61.5 Å². The first kappa shape index (κ1) is 13.1. The molecule has 2 rings (SSSR count). The maximum Gasteiger partial charge on any atom is 0.336 e. The molecule has 1 atom stereocenters. The number of allylic oxidation sites excluding steroid dienone is 1. The molecule has 0 saturated heterocycles. The number of benzene rings is 2. The highest BCUT2D eigenvalue weighted by atomic mass is 16.4. The number of hydrogen-bond acceptors (Lipinski definition) is 1. The summed E-state index contributed by atoms with van der Waals surface area (Å²) in [5.74, 6) is -0.891. The van der Waals surface area contributed by atoms with Crippen LogP contribution >= 0.6 is 0 Å². The van der Waals surface area contributed by atoms with Crippen LogP contribution in [0.1, 0.15) is 28.8 Å². The standard InChI is InChI=1S/C17H16O2/c1-3-12(2)14-10-7-11-15(16(14)17(18)19)13-8-5-4-6-9-13/h3-12H,1H2,2H3,(H,18,19). The lowest BCUT2D eigenvalue weighted by molar-refractivity contribution is 0.0696. The Morgan fingerprint density at radius 2 is 1.84 bits per heavy atom. The van der Waals surface area contributed by atoms with Crippen molar-refractivity contribution in [2.75, 3.05) is 0 Å². The van der Waals surface area contributed by atoms with Crippen LogP contribution in [0.25, 0.3) is 11.1 Å². The van der Waals surface area contributed by atoms with E-state index in [2.05, 4.69) is 6.58 Å². The van der Waals surface area contributed by atoms with Crippen LogP contribution in [0, 0.1) is 0 Å². The Bertz CT molecular complexity index is 600. The molecule has 0 aromatic heterocycles. The van der Waals surface area contributed by atoms with Gasteiger partial charge >= 0.3 is 5.97 Å². The van der Waals surface area contributed by atoms with Crippen molar-refractivity contribution in [3.05, 3.63) is 72.3 Å². The lowest BCUT2D eigenvalue weighted by Crippen LogP contribution is -2.06. The summed E-state index contributed by atoms with van der Waals surface area (Å²) in [6, 6.07) is 15.2. The Balaban J connectivity index is 2.68. The summed E-state index contributed by atoms with van der Waals surface area (Å²) in [4.78, 5) is 11.6. The topological polar surface area (TPSA) is 37.3 Å². The second-order valence-electron chi connectivity index (χ2n) is 4.47. The van der Waals surface area contributed by atoms with E-state index in [1.807, 2.05) is 55.5 Å². The first-order valence-corrected chi connectivity index (χ1v) is 6.19. The van der Waals surface area contributed by atoms with Gasteiger partial charge in [0.2, 0.25) is 0 Å². The van der Waals surface area contributed by atoms with Crippen molar-refractivity contribution in [1.29, 1.82) is 0 Å². The van der Waals surface area contributed by atoms with Gasteiger partial charge in [0.25, 0.3) is 0 Å². The summed E-state index contributed by atoms with van der Waals surface area (Å²) in [5, 5.41) is 9.52. The summed E-state index contributed by atoms with van der Waals surface area (Å²) in [5.41, 5.74) is 2.82. The number of carboxylic acids is 1. The summed E-state index contributed by atoms with van der Waals surface area (Å²) >= 11 is 0. The lowest BCUT2D eigenvalue weighted by Gasteiger charge is -2.14. The van der Waals surface area contributed by atoms with Gasteiger partial charge in [-0.2, -0.15) is 0 Å². The third-order valence-electron chi connectivity index (χ3n) is 3.24. The van der Waals surface area contributed by atoms with Gasteiger partial charge in [0, 0.05) is 0 Å². The summed E-state index contributed by atoms with van der Waals surface area (Å²) < 4.78 is 0. The van der Waals surface area contributed by atoms with E-state index in [0.29, 0.717) is 5.56 Å². The second kappa shape index (κ2) is 5.53. The molecular weight excluding hydrogens is 236 g/mol. The van der Waals surface area contributed by atoms with Gasteiger partial charge in [-0.15, -0.1) is 6.58 Å². The highest BCUT2D eigenvalue weighted by Crippen LogP contribution is 2.30. The van der Waals surface area contributed by atoms with E-state index < -0.39 is 5.97 Å². The number of carbonyl (C=O) groups is 1. The van der Waals surface area contributed by atoms with E-state index in [0.717, 1.165) is 16.7 Å². The predicted molar refractivity (Wildman–Crippen MR) is 77.4 cm³/mol. The summed E-state index contributed by atoms with van der Waals surface area (Å²) in [6.07, 6.45) is 1.76. The Kier molecular flexibility index (Phi) is 3.81. The van der Waals surface area contributed by atoms with E-state index in [9.17, 15) is 9.90 Å². The van der Waals surface area contributed by atoms with Crippen molar-refractivity contribution >= 4 is 5.97 Å². The molecule has 0 heterocycles. The van der Waals surface area contributed by atoms with Crippen molar-refractivity contribution in [2.24, 2.45) is 0 Å². The molecule has 0 aliphatic carbocycles. The SMILES string of the molecule is C=CC(C)c1cccc(-c2ccccc2)c1C(=O)O. The van der Waals surface area contributed by atoms with Crippen molar-refractivity contribution < 1.29 is 9.90 Å². The minimum atomic E-state index is -0.900. The molecule has 0 amide bonds. The first-order chi connectivity index (χ1) is 9.15. The highest BCUT2D eigenvalue weighted by molar-refractivity contribution is 5.98. The zero-order valence-corrected chi connectivity index (χ0v) is 10.8. The van der Waals surface area contributed by atoms with Gasteiger partial charge < -0.3 is 5.11 Å². The fraction of sp³-hybridized carbons (Fsp3) is 0.118. The van der Waals surface area contributed by atoms with Gasteiger partial charge in [-0.05, 0) is 22.6 Å². The molecular formula is C17H16O2. The molecule has 0 aliphatic rings. The highest BCUT2D eigenvalue weighted by Gasteiger charge is 2.18. The molecule has 2 heteroatoms. The van der Waals surface area contributed by atoms with Gasteiger partial charge in [-0.3, -0.25) is 0 Å². The molecule has 0 spiro atoms. The van der Waals surface area contributed by atoms with Crippen LogP contribution in [0.4, 0.5) is 0 Å². The zero-order valence-electron chi connectivity index (χ0n) is 10.8. The van der Waals surface area contributed by atoms with E-state index in [4.69, 9.17) is 0 Å².